The molecule has 0 N–H and O–H groups in total. The molecule has 1 aliphatic carbocycles. The second-order valence-corrected chi connectivity index (χ2v) is 18.7. The van der Waals surface area contributed by atoms with Crippen molar-refractivity contribution < 1.29 is 0 Å². The van der Waals surface area contributed by atoms with Gasteiger partial charge in [0.25, 0.3) is 0 Å². The molecule has 0 unspecified atom stereocenters. The van der Waals surface area contributed by atoms with Crippen LogP contribution in [0.5, 0.6) is 0 Å². The molecule has 12 rings (SSSR count). The number of hydrogen-bond acceptors (Lipinski definition) is 3. The fourth-order valence-electron chi connectivity index (χ4n) is 10.5. The Hall–Kier alpha value is -7.63. The molecular weight excluding hydrogens is 779 g/mol. The van der Waals surface area contributed by atoms with E-state index in [1.54, 1.807) is 0 Å². The molecule has 5 nitrogen and oxygen atoms in total. The van der Waals surface area contributed by atoms with Crippen LogP contribution in [0.1, 0.15) is 51.7 Å². The zero-order valence-electron chi connectivity index (χ0n) is 36.5. The van der Waals surface area contributed by atoms with Gasteiger partial charge in [0.05, 0.1) is 22.1 Å². The molecule has 1 aliphatic rings. The number of hydrogen-bond donors (Lipinski definition) is 0. The van der Waals surface area contributed by atoms with Crippen molar-refractivity contribution in [3.63, 3.8) is 0 Å². The normalized spacial score (nSPS) is 14.4. The highest BCUT2D eigenvalue weighted by Gasteiger charge is 2.38. The lowest BCUT2D eigenvalue weighted by molar-refractivity contribution is 0.333. The van der Waals surface area contributed by atoms with Crippen LogP contribution in [0, 0.1) is 0 Å². The molecule has 11 aromatic rings. The van der Waals surface area contributed by atoms with Gasteiger partial charge in [-0.05, 0) is 99.5 Å². The largest absolute Gasteiger partial charge is 0.309 e. The number of fused-ring (bicyclic) bond motifs is 7. The van der Waals surface area contributed by atoms with Crippen molar-refractivity contribution >= 4 is 43.6 Å². The fourth-order valence-corrected chi connectivity index (χ4v) is 10.5. The van der Waals surface area contributed by atoms with E-state index in [1.165, 1.54) is 51.4 Å². The zero-order chi connectivity index (χ0) is 43.2. The second kappa shape index (κ2) is 14.5. The number of rotatable bonds is 6. The van der Waals surface area contributed by atoms with Gasteiger partial charge in [-0.3, -0.25) is 4.57 Å². The molecule has 0 fully saturated rings. The predicted molar refractivity (Wildman–Crippen MR) is 266 cm³/mol. The van der Waals surface area contributed by atoms with Gasteiger partial charge in [-0.2, -0.15) is 9.97 Å². The van der Waals surface area contributed by atoms with Crippen molar-refractivity contribution in [3.05, 3.63) is 199 Å². The van der Waals surface area contributed by atoms with Gasteiger partial charge in [-0.25, -0.2) is 4.98 Å². The summed E-state index contributed by atoms with van der Waals surface area (Å²) in [6.07, 6.45) is 2.37. The first-order chi connectivity index (χ1) is 31.2. The molecule has 3 heterocycles. The van der Waals surface area contributed by atoms with E-state index in [-0.39, 0.29) is 10.8 Å². The molecule has 0 amide bonds. The minimum Gasteiger partial charge on any atom is -0.309 e. The van der Waals surface area contributed by atoms with Crippen LogP contribution < -0.4 is 0 Å². The van der Waals surface area contributed by atoms with E-state index < -0.39 is 0 Å². The summed E-state index contributed by atoms with van der Waals surface area (Å²) in [5.41, 5.74) is 15.4. The van der Waals surface area contributed by atoms with Crippen LogP contribution in [0.25, 0.3) is 100 Å². The lowest BCUT2D eigenvalue weighted by Crippen LogP contribution is -2.34. The summed E-state index contributed by atoms with van der Waals surface area (Å²) in [5, 5.41) is 4.71. The Labute approximate surface area is 373 Å². The lowest BCUT2D eigenvalue weighted by atomic mass is 9.61. The Morgan fingerprint density at radius 1 is 0.375 bits per heavy atom. The molecule has 0 aliphatic heterocycles. The quantitative estimate of drug-likeness (QED) is 0.168. The summed E-state index contributed by atoms with van der Waals surface area (Å²) in [6, 6.07) is 67.5. The van der Waals surface area contributed by atoms with Crippen LogP contribution in [0.15, 0.2) is 188 Å². The highest BCUT2D eigenvalue weighted by Crippen LogP contribution is 2.49. The smallest absolute Gasteiger partial charge is 0.238 e. The molecule has 0 atom stereocenters. The first kappa shape index (κ1) is 38.1. The molecule has 64 heavy (non-hydrogen) atoms. The average molecular weight is 826 g/mol. The van der Waals surface area contributed by atoms with Crippen LogP contribution in [0.2, 0.25) is 0 Å². The van der Waals surface area contributed by atoms with Gasteiger partial charge in [-0.15, -0.1) is 0 Å². The van der Waals surface area contributed by atoms with E-state index in [4.69, 9.17) is 15.0 Å². The summed E-state index contributed by atoms with van der Waals surface area (Å²) in [5.74, 6) is 1.82. The molecule has 0 spiro atoms. The van der Waals surface area contributed by atoms with Gasteiger partial charge in [0.2, 0.25) is 5.95 Å². The number of aromatic nitrogens is 5. The number of nitrogens with zero attached hydrogens (tertiary/aromatic N) is 5. The molecule has 0 bridgehead atoms. The van der Waals surface area contributed by atoms with Crippen LogP contribution in [-0.2, 0) is 10.8 Å². The van der Waals surface area contributed by atoms with Crippen molar-refractivity contribution in [1.82, 2.24) is 24.1 Å². The lowest BCUT2D eigenvalue weighted by Gasteiger charge is -2.43. The third-order valence-electron chi connectivity index (χ3n) is 13.8. The Bertz CT molecular complexity index is 3590. The van der Waals surface area contributed by atoms with Crippen LogP contribution in [0.3, 0.4) is 0 Å². The maximum Gasteiger partial charge on any atom is 0.238 e. The van der Waals surface area contributed by atoms with Crippen molar-refractivity contribution in [2.24, 2.45) is 0 Å². The van der Waals surface area contributed by atoms with Crippen LogP contribution >= 0.6 is 0 Å². The monoisotopic (exact) mass is 825 g/mol. The zero-order valence-corrected chi connectivity index (χ0v) is 36.5. The Balaban J connectivity index is 1.07. The second-order valence-electron chi connectivity index (χ2n) is 18.7. The average Bonchev–Trinajstić information content (AvgIpc) is 3.84. The highest BCUT2D eigenvalue weighted by molar-refractivity contribution is 6.19. The van der Waals surface area contributed by atoms with Crippen molar-refractivity contribution in [3.8, 4) is 56.7 Å². The molecule has 0 saturated heterocycles. The summed E-state index contributed by atoms with van der Waals surface area (Å²) < 4.78 is 4.66. The van der Waals surface area contributed by atoms with E-state index in [9.17, 15) is 0 Å². The molecule has 0 radical (unpaired) electrons. The first-order valence-corrected chi connectivity index (χ1v) is 22.4. The van der Waals surface area contributed by atoms with Gasteiger partial charge in [-0.1, -0.05) is 173 Å². The maximum atomic E-state index is 5.33. The summed E-state index contributed by atoms with van der Waals surface area (Å²) in [7, 11) is 0. The summed E-state index contributed by atoms with van der Waals surface area (Å²) in [6.45, 7) is 9.64. The van der Waals surface area contributed by atoms with E-state index in [0.717, 1.165) is 55.3 Å². The van der Waals surface area contributed by atoms with E-state index in [0.29, 0.717) is 17.6 Å². The van der Waals surface area contributed by atoms with Crippen molar-refractivity contribution in [1.29, 1.82) is 0 Å². The van der Waals surface area contributed by atoms with E-state index >= 15 is 0 Å². The van der Waals surface area contributed by atoms with Crippen LogP contribution in [-0.4, -0.2) is 24.1 Å². The Kier molecular flexibility index (Phi) is 8.61. The topological polar surface area (TPSA) is 48.5 Å². The molecule has 8 aromatic carbocycles. The third-order valence-corrected chi connectivity index (χ3v) is 13.8. The standard InChI is InChI=1S/C59H47N5/c1-58(2)33-34-59(3,4)54-44(25-16-26-49(54)58)39-29-31-43(32-30-39)63-50-27-13-11-23-45(50)47-36-48-46-24-12-14-28-51(46)64(53(48)37-52(47)63)57-61-55(40-19-9-6-10-20-40)60-56(62-57)42-22-15-21-41(35-42)38-17-7-5-8-18-38/h5-32,35-37H,33-34H2,1-4H3. The van der Waals surface area contributed by atoms with Crippen LogP contribution in [0.4, 0.5) is 0 Å². The molecule has 0 saturated carbocycles. The van der Waals surface area contributed by atoms with Crippen molar-refractivity contribution in [2.45, 2.75) is 51.4 Å². The highest BCUT2D eigenvalue weighted by atomic mass is 15.2. The van der Waals surface area contributed by atoms with Gasteiger partial charge >= 0.3 is 0 Å². The number of para-hydroxylation sites is 2. The van der Waals surface area contributed by atoms with Gasteiger partial charge in [0, 0.05) is 38.4 Å². The minimum absolute atomic E-state index is 0.101. The molecule has 3 aromatic heterocycles. The molecule has 308 valence electrons. The van der Waals surface area contributed by atoms with Gasteiger partial charge < -0.3 is 4.57 Å². The third kappa shape index (κ3) is 6.10. The Morgan fingerprint density at radius 3 is 1.62 bits per heavy atom. The van der Waals surface area contributed by atoms with E-state index in [1.807, 2.05) is 24.3 Å². The molecule has 5 heteroatoms. The van der Waals surface area contributed by atoms with Crippen molar-refractivity contribution in [2.75, 3.05) is 0 Å². The fraction of sp³-hybridized carbons (Fsp3) is 0.136. The molecular formula is C59H47N5. The Morgan fingerprint density at radius 2 is 0.922 bits per heavy atom. The summed E-state index contributed by atoms with van der Waals surface area (Å²) in [4.78, 5) is 15.7. The van der Waals surface area contributed by atoms with Gasteiger partial charge in [0.15, 0.2) is 11.6 Å². The van der Waals surface area contributed by atoms with E-state index in [2.05, 4.69) is 201 Å². The van der Waals surface area contributed by atoms with Gasteiger partial charge in [0.1, 0.15) is 0 Å². The first-order valence-electron chi connectivity index (χ1n) is 22.4. The predicted octanol–water partition coefficient (Wildman–Crippen LogP) is 15.1. The SMILES string of the molecule is CC1(C)CCC(C)(C)c2c(-c3ccc(-n4c5ccccc5c5cc6c7ccccc7n(-c7nc(-c8ccccc8)nc(-c8cccc(-c9ccccc9)c8)n7)c6cc54)cc3)cccc21. The maximum absolute atomic E-state index is 5.33. The number of benzene rings is 8. The summed E-state index contributed by atoms with van der Waals surface area (Å²) >= 11 is 0. The minimum atomic E-state index is 0.101.